The van der Waals surface area contributed by atoms with Gasteiger partial charge in [0, 0.05) is 22.2 Å². The third-order valence-corrected chi connectivity index (χ3v) is 4.83. The molecule has 0 aliphatic heterocycles. The van der Waals surface area contributed by atoms with Gasteiger partial charge in [0.15, 0.2) is 0 Å². The lowest BCUT2D eigenvalue weighted by Gasteiger charge is -2.06. The largest absolute Gasteiger partial charge is 0.416 e. The second kappa shape index (κ2) is 9.26. The van der Waals surface area contributed by atoms with E-state index in [2.05, 4.69) is 27.5 Å². The molecule has 29 heavy (non-hydrogen) atoms. The van der Waals surface area contributed by atoms with Crippen molar-refractivity contribution in [3.63, 3.8) is 0 Å². The highest BCUT2D eigenvalue weighted by Crippen LogP contribution is 2.32. The third-order valence-electron chi connectivity index (χ3n) is 3.78. The van der Waals surface area contributed by atoms with Gasteiger partial charge in [-0.05, 0) is 24.3 Å². The Kier molecular flexibility index (Phi) is 6.52. The minimum Gasteiger partial charge on any atom is -0.333 e. The SMILES string of the molecule is O=C(NCC#Cc1ccccc1)NCc1cnc(-c2ccc(C(F)(F)F)cc2)s1. The van der Waals surface area contributed by atoms with Crippen molar-refractivity contribution in [3.05, 3.63) is 76.8 Å². The predicted octanol–water partition coefficient (Wildman–Crippen LogP) is 4.68. The number of amides is 2. The van der Waals surface area contributed by atoms with Crippen LogP contribution in [-0.2, 0) is 12.7 Å². The fourth-order valence-electron chi connectivity index (χ4n) is 2.35. The summed E-state index contributed by atoms with van der Waals surface area (Å²) in [6, 6.07) is 13.9. The van der Waals surface area contributed by atoms with Crippen LogP contribution in [0.3, 0.4) is 0 Å². The van der Waals surface area contributed by atoms with Crippen molar-refractivity contribution < 1.29 is 18.0 Å². The molecule has 0 saturated carbocycles. The molecule has 2 N–H and O–H groups in total. The number of hydrogen-bond acceptors (Lipinski definition) is 3. The van der Waals surface area contributed by atoms with Gasteiger partial charge < -0.3 is 10.6 Å². The average molecular weight is 415 g/mol. The van der Waals surface area contributed by atoms with Crippen LogP contribution in [0.2, 0.25) is 0 Å². The Labute approximate surface area is 169 Å². The summed E-state index contributed by atoms with van der Waals surface area (Å²) >= 11 is 1.30. The van der Waals surface area contributed by atoms with Gasteiger partial charge in [0.1, 0.15) is 5.01 Å². The van der Waals surface area contributed by atoms with E-state index >= 15 is 0 Å². The Morgan fingerprint density at radius 1 is 1.03 bits per heavy atom. The summed E-state index contributed by atoms with van der Waals surface area (Å²) in [5, 5.41) is 5.92. The zero-order chi connectivity index (χ0) is 20.7. The van der Waals surface area contributed by atoms with Crippen molar-refractivity contribution in [3.8, 4) is 22.4 Å². The van der Waals surface area contributed by atoms with Gasteiger partial charge in [0.05, 0.1) is 18.7 Å². The number of rotatable bonds is 4. The zero-order valence-corrected chi connectivity index (χ0v) is 15.9. The lowest BCUT2D eigenvalue weighted by Crippen LogP contribution is -2.34. The molecule has 0 fully saturated rings. The molecule has 3 rings (SSSR count). The fraction of sp³-hybridized carbons (Fsp3) is 0.143. The van der Waals surface area contributed by atoms with Gasteiger partial charge in [-0.3, -0.25) is 0 Å². The average Bonchev–Trinajstić information content (AvgIpc) is 3.19. The molecule has 0 spiro atoms. The third kappa shape index (κ3) is 6.09. The molecule has 0 aliphatic carbocycles. The molecule has 0 saturated heterocycles. The van der Waals surface area contributed by atoms with Crippen LogP contribution < -0.4 is 10.6 Å². The van der Waals surface area contributed by atoms with Crippen molar-refractivity contribution in [2.45, 2.75) is 12.7 Å². The highest BCUT2D eigenvalue weighted by Gasteiger charge is 2.30. The number of aromatic nitrogens is 1. The highest BCUT2D eigenvalue weighted by atomic mass is 32.1. The van der Waals surface area contributed by atoms with Gasteiger partial charge >= 0.3 is 12.2 Å². The molecule has 2 amide bonds. The number of hydrogen-bond donors (Lipinski definition) is 2. The Bertz CT molecular complexity index is 1020. The summed E-state index contributed by atoms with van der Waals surface area (Å²) in [6.07, 6.45) is -2.78. The Balaban J connectivity index is 1.48. The molecule has 0 aliphatic rings. The van der Waals surface area contributed by atoms with Crippen LogP contribution in [0.25, 0.3) is 10.6 Å². The van der Waals surface area contributed by atoms with Gasteiger partial charge in [-0.25, -0.2) is 9.78 Å². The predicted molar refractivity (Wildman–Crippen MR) is 106 cm³/mol. The summed E-state index contributed by atoms with van der Waals surface area (Å²) in [5.74, 6) is 5.80. The van der Waals surface area contributed by atoms with Crippen LogP contribution in [0.4, 0.5) is 18.0 Å². The van der Waals surface area contributed by atoms with Gasteiger partial charge in [-0.1, -0.05) is 42.2 Å². The Hall–Kier alpha value is -3.31. The van der Waals surface area contributed by atoms with Crippen LogP contribution in [0.15, 0.2) is 60.8 Å². The maximum Gasteiger partial charge on any atom is 0.416 e. The first-order valence-electron chi connectivity index (χ1n) is 8.60. The first kappa shape index (κ1) is 20.4. The van der Waals surface area contributed by atoms with E-state index in [1.807, 2.05) is 30.3 Å². The maximum absolute atomic E-state index is 12.6. The van der Waals surface area contributed by atoms with E-state index in [9.17, 15) is 18.0 Å². The number of urea groups is 1. The molecule has 1 heterocycles. The minimum absolute atomic E-state index is 0.209. The lowest BCUT2D eigenvalue weighted by atomic mass is 10.1. The first-order chi connectivity index (χ1) is 13.9. The van der Waals surface area contributed by atoms with Crippen molar-refractivity contribution >= 4 is 17.4 Å². The zero-order valence-electron chi connectivity index (χ0n) is 15.1. The number of carbonyl (C=O) groups excluding carboxylic acids is 1. The molecule has 148 valence electrons. The van der Waals surface area contributed by atoms with Crippen LogP contribution in [0.1, 0.15) is 16.0 Å². The summed E-state index contributed by atoms with van der Waals surface area (Å²) in [5.41, 5.74) is 0.761. The van der Waals surface area contributed by atoms with Gasteiger partial charge in [-0.15, -0.1) is 11.3 Å². The van der Waals surface area contributed by atoms with Crippen molar-refractivity contribution in [2.75, 3.05) is 6.54 Å². The number of nitrogens with zero attached hydrogens (tertiary/aromatic N) is 1. The van der Waals surface area contributed by atoms with Gasteiger partial charge in [0.2, 0.25) is 0 Å². The van der Waals surface area contributed by atoms with Crippen LogP contribution in [-0.4, -0.2) is 17.6 Å². The monoisotopic (exact) mass is 415 g/mol. The second-order valence-corrected chi connectivity index (χ2v) is 7.03. The molecule has 2 aromatic carbocycles. The topological polar surface area (TPSA) is 54.0 Å². The van der Waals surface area contributed by atoms with E-state index in [0.717, 1.165) is 22.6 Å². The smallest absolute Gasteiger partial charge is 0.333 e. The van der Waals surface area contributed by atoms with Crippen molar-refractivity contribution in [1.82, 2.24) is 15.6 Å². The molecule has 0 unspecified atom stereocenters. The Morgan fingerprint density at radius 2 is 1.76 bits per heavy atom. The lowest BCUT2D eigenvalue weighted by molar-refractivity contribution is -0.137. The second-order valence-electron chi connectivity index (χ2n) is 5.91. The number of nitrogens with one attached hydrogen (secondary N) is 2. The molecular formula is C21H16F3N3OS. The molecule has 4 nitrogen and oxygen atoms in total. The molecule has 1 aromatic heterocycles. The highest BCUT2D eigenvalue weighted by molar-refractivity contribution is 7.15. The summed E-state index contributed by atoms with van der Waals surface area (Å²) in [7, 11) is 0. The van der Waals surface area contributed by atoms with E-state index in [1.54, 1.807) is 6.20 Å². The van der Waals surface area contributed by atoms with Crippen LogP contribution in [0.5, 0.6) is 0 Å². The number of alkyl halides is 3. The van der Waals surface area contributed by atoms with Crippen LogP contribution >= 0.6 is 11.3 Å². The summed E-state index contributed by atoms with van der Waals surface area (Å²) < 4.78 is 37.9. The normalized spacial score (nSPS) is 10.7. The molecule has 0 bridgehead atoms. The molecule has 3 aromatic rings. The fourth-order valence-corrected chi connectivity index (χ4v) is 3.20. The molecule has 0 radical (unpaired) electrons. The van der Waals surface area contributed by atoms with E-state index in [-0.39, 0.29) is 19.1 Å². The van der Waals surface area contributed by atoms with E-state index < -0.39 is 11.7 Å². The quantitative estimate of drug-likeness (QED) is 0.608. The summed E-state index contributed by atoms with van der Waals surface area (Å²) in [4.78, 5) is 16.8. The Morgan fingerprint density at radius 3 is 2.45 bits per heavy atom. The van der Waals surface area contributed by atoms with Crippen molar-refractivity contribution in [2.24, 2.45) is 0 Å². The number of carbonyl (C=O) groups is 1. The van der Waals surface area contributed by atoms with Crippen molar-refractivity contribution in [1.29, 1.82) is 0 Å². The first-order valence-corrected chi connectivity index (χ1v) is 9.41. The minimum atomic E-state index is -4.37. The number of benzene rings is 2. The summed E-state index contributed by atoms with van der Waals surface area (Å²) in [6.45, 7) is 0.469. The number of halogens is 3. The molecular weight excluding hydrogens is 399 g/mol. The number of thiazole rings is 1. The van der Waals surface area contributed by atoms with Gasteiger partial charge in [-0.2, -0.15) is 13.2 Å². The van der Waals surface area contributed by atoms with E-state index in [1.165, 1.54) is 23.5 Å². The maximum atomic E-state index is 12.6. The van der Waals surface area contributed by atoms with E-state index in [0.29, 0.717) is 10.6 Å². The van der Waals surface area contributed by atoms with Gasteiger partial charge in [0.25, 0.3) is 0 Å². The molecule has 8 heteroatoms. The van der Waals surface area contributed by atoms with Crippen LogP contribution in [0, 0.1) is 11.8 Å². The molecule has 0 atom stereocenters. The van der Waals surface area contributed by atoms with E-state index in [4.69, 9.17) is 0 Å². The standard InChI is InChI=1S/C21H16F3N3OS/c22-21(23,24)17-10-8-16(9-11-17)19-26-13-18(29-19)14-27-20(28)25-12-4-7-15-5-2-1-3-6-15/h1-3,5-6,8-11,13H,12,14H2,(H2,25,27,28).